The van der Waals surface area contributed by atoms with Crippen LogP contribution in [0.4, 0.5) is 5.69 Å². The first kappa shape index (κ1) is 17.8. The third kappa shape index (κ3) is 4.46. The number of rotatable bonds is 6. The summed E-state index contributed by atoms with van der Waals surface area (Å²) in [7, 11) is -3.70. The van der Waals surface area contributed by atoms with E-state index < -0.39 is 15.9 Å². The Labute approximate surface area is 140 Å². The van der Waals surface area contributed by atoms with Crippen molar-refractivity contribution in [3.8, 4) is 5.75 Å². The molecule has 1 amide bonds. The summed E-state index contributed by atoms with van der Waals surface area (Å²) >= 11 is 0. The van der Waals surface area contributed by atoms with Crippen molar-refractivity contribution in [2.75, 3.05) is 11.3 Å². The highest BCUT2D eigenvalue weighted by atomic mass is 32.2. The Morgan fingerprint density at radius 1 is 1.08 bits per heavy atom. The minimum absolute atomic E-state index is 0.0938. The number of hydrogen-bond acceptors (Lipinski definition) is 5. The average Bonchev–Trinajstić information content (AvgIpc) is 2.56. The molecule has 8 heteroatoms. The highest BCUT2D eigenvalue weighted by Crippen LogP contribution is 2.21. The molecule has 4 N–H and O–H groups in total. The molecule has 2 rings (SSSR count). The Morgan fingerprint density at radius 2 is 1.75 bits per heavy atom. The quantitative estimate of drug-likeness (QED) is 0.415. The molecule has 0 saturated heterocycles. The lowest BCUT2D eigenvalue weighted by molar-refractivity contribution is -0.123. The van der Waals surface area contributed by atoms with Crippen molar-refractivity contribution in [1.82, 2.24) is 5.43 Å². The summed E-state index contributed by atoms with van der Waals surface area (Å²) in [6.45, 7) is 3.62. The molecule has 0 heterocycles. The van der Waals surface area contributed by atoms with Crippen LogP contribution in [-0.4, -0.2) is 20.9 Å². The van der Waals surface area contributed by atoms with Gasteiger partial charge in [-0.15, -0.1) is 0 Å². The Kier molecular flexibility index (Phi) is 5.42. The number of carbonyl (C=O) groups is 1. The van der Waals surface area contributed by atoms with Gasteiger partial charge in [0.15, 0.2) is 6.61 Å². The lowest BCUT2D eigenvalue weighted by Gasteiger charge is -2.11. The van der Waals surface area contributed by atoms with Gasteiger partial charge in [0.25, 0.3) is 15.9 Å². The van der Waals surface area contributed by atoms with Crippen molar-refractivity contribution in [1.29, 1.82) is 0 Å². The van der Waals surface area contributed by atoms with Gasteiger partial charge in [0.1, 0.15) is 5.75 Å². The number of amides is 1. The Balaban J connectivity index is 2.11. The molecule has 0 aliphatic rings. The van der Waals surface area contributed by atoms with Crippen molar-refractivity contribution in [2.45, 2.75) is 18.7 Å². The third-order valence-corrected chi connectivity index (χ3v) is 4.82. The molecule has 0 bridgehead atoms. The van der Waals surface area contributed by atoms with Gasteiger partial charge in [-0.2, -0.15) is 0 Å². The first-order valence-corrected chi connectivity index (χ1v) is 8.62. The van der Waals surface area contributed by atoms with Crippen LogP contribution in [0.1, 0.15) is 11.1 Å². The second kappa shape index (κ2) is 7.33. The number of sulfonamides is 1. The highest BCUT2D eigenvalue weighted by molar-refractivity contribution is 7.92. The van der Waals surface area contributed by atoms with Gasteiger partial charge in [-0.3, -0.25) is 14.9 Å². The van der Waals surface area contributed by atoms with Crippen molar-refractivity contribution >= 4 is 21.6 Å². The minimum atomic E-state index is -3.70. The number of nitrogens with one attached hydrogen (secondary N) is 2. The summed E-state index contributed by atoms with van der Waals surface area (Å²) < 4.78 is 32.5. The smallest absolute Gasteiger partial charge is 0.271 e. The fraction of sp³-hybridized carbons (Fsp3) is 0.188. The van der Waals surface area contributed by atoms with E-state index in [1.807, 2.05) is 25.3 Å². The summed E-state index contributed by atoms with van der Waals surface area (Å²) in [4.78, 5) is 11.1. The number of hydrogen-bond donors (Lipinski definition) is 3. The van der Waals surface area contributed by atoms with E-state index in [-0.39, 0.29) is 11.5 Å². The normalized spacial score (nSPS) is 11.0. The first-order chi connectivity index (χ1) is 11.3. The molecular weight excluding hydrogens is 330 g/mol. The van der Waals surface area contributed by atoms with Crippen LogP contribution in [0.2, 0.25) is 0 Å². The second-order valence-corrected chi connectivity index (χ2v) is 6.91. The molecule has 0 unspecified atom stereocenters. The van der Waals surface area contributed by atoms with E-state index in [0.717, 1.165) is 11.1 Å². The summed E-state index contributed by atoms with van der Waals surface area (Å²) in [6, 6.07) is 11.1. The maximum Gasteiger partial charge on any atom is 0.271 e. The minimum Gasteiger partial charge on any atom is -0.484 e. The van der Waals surface area contributed by atoms with E-state index in [1.54, 1.807) is 12.1 Å². The van der Waals surface area contributed by atoms with E-state index in [4.69, 9.17) is 10.6 Å². The van der Waals surface area contributed by atoms with Gasteiger partial charge in [0.05, 0.1) is 4.90 Å². The van der Waals surface area contributed by atoms with Crippen molar-refractivity contribution in [2.24, 2.45) is 5.84 Å². The molecular formula is C16H19N3O4S. The van der Waals surface area contributed by atoms with Gasteiger partial charge < -0.3 is 4.74 Å². The predicted octanol–water partition coefficient (Wildman–Crippen LogP) is 1.47. The van der Waals surface area contributed by atoms with Gasteiger partial charge in [0.2, 0.25) is 0 Å². The summed E-state index contributed by atoms with van der Waals surface area (Å²) in [5, 5.41) is 0. The topological polar surface area (TPSA) is 111 Å². The van der Waals surface area contributed by atoms with Crippen molar-refractivity contribution < 1.29 is 17.9 Å². The monoisotopic (exact) mass is 349 g/mol. The molecule has 2 aromatic rings. The van der Waals surface area contributed by atoms with E-state index in [2.05, 4.69) is 4.72 Å². The first-order valence-electron chi connectivity index (χ1n) is 7.14. The number of nitrogens with two attached hydrogens (primary N) is 1. The molecule has 0 aromatic heterocycles. The second-order valence-electron chi connectivity index (χ2n) is 5.23. The largest absolute Gasteiger partial charge is 0.484 e. The van der Waals surface area contributed by atoms with E-state index in [1.165, 1.54) is 24.3 Å². The number of anilines is 1. The lowest BCUT2D eigenvalue weighted by atomic mass is 10.1. The van der Waals surface area contributed by atoms with Crippen molar-refractivity contribution in [3.63, 3.8) is 0 Å². The van der Waals surface area contributed by atoms with Gasteiger partial charge in [-0.25, -0.2) is 14.3 Å². The van der Waals surface area contributed by atoms with E-state index >= 15 is 0 Å². The molecule has 7 nitrogen and oxygen atoms in total. The van der Waals surface area contributed by atoms with Crippen LogP contribution < -0.4 is 20.7 Å². The molecule has 24 heavy (non-hydrogen) atoms. The summed E-state index contributed by atoms with van der Waals surface area (Å²) in [5.41, 5.74) is 4.52. The summed E-state index contributed by atoms with van der Waals surface area (Å²) in [5.74, 6) is 4.82. The fourth-order valence-corrected chi connectivity index (χ4v) is 2.97. The number of hydrazine groups is 1. The Hall–Kier alpha value is -2.58. The Morgan fingerprint density at radius 3 is 2.33 bits per heavy atom. The fourth-order valence-electron chi connectivity index (χ4n) is 1.92. The van der Waals surface area contributed by atoms with Crippen molar-refractivity contribution in [3.05, 3.63) is 53.6 Å². The zero-order chi connectivity index (χ0) is 17.7. The lowest BCUT2D eigenvalue weighted by Crippen LogP contribution is -2.34. The standard InChI is InChI=1S/C16H19N3O4S/c1-11-3-4-13(9-12(11)2)19-24(21,22)15-7-5-14(6-8-15)23-10-16(20)18-17/h3-9,19H,10,17H2,1-2H3,(H,18,20). The highest BCUT2D eigenvalue weighted by Gasteiger charge is 2.14. The molecule has 128 valence electrons. The van der Waals surface area contributed by atoms with Crippen LogP contribution >= 0.6 is 0 Å². The van der Waals surface area contributed by atoms with Gasteiger partial charge >= 0.3 is 0 Å². The predicted molar refractivity (Wildman–Crippen MR) is 91.0 cm³/mol. The van der Waals surface area contributed by atoms with Gasteiger partial charge in [-0.05, 0) is 61.4 Å². The Bertz CT molecular complexity index is 833. The SMILES string of the molecule is Cc1ccc(NS(=O)(=O)c2ccc(OCC(=O)NN)cc2)cc1C. The van der Waals surface area contributed by atoms with Crippen LogP contribution in [0.25, 0.3) is 0 Å². The zero-order valence-corrected chi connectivity index (χ0v) is 14.2. The number of ether oxygens (including phenoxy) is 1. The maximum absolute atomic E-state index is 12.4. The molecule has 0 aliphatic heterocycles. The molecule has 0 spiro atoms. The van der Waals surface area contributed by atoms with E-state index in [0.29, 0.717) is 11.4 Å². The zero-order valence-electron chi connectivity index (χ0n) is 13.4. The number of carbonyl (C=O) groups excluding carboxylic acids is 1. The molecule has 0 aliphatic carbocycles. The molecule has 0 fully saturated rings. The molecule has 2 aromatic carbocycles. The molecule has 0 atom stereocenters. The summed E-state index contributed by atoms with van der Waals surface area (Å²) in [6.07, 6.45) is 0. The number of benzene rings is 2. The van der Waals surface area contributed by atoms with Crippen LogP contribution in [0.5, 0.6) is 5.75 Å². The maximum atomic E-state index is 12.4. The van der Waals surface area contributed by atoms with Crippen LogP contribution in [0.15, 0.2) is 47.4 Å². The number of aryl methyl sites for hydroxylation is 2. The molecule has 0 radical (unpaired) electrons. The van der Waals surface area contributed by atoms with E-state index in [9.17, 15) is 13.2 Å². The van der Waals surface area contributed by atoms with Crippen LogP contribution in [0.3, 0.4) is 0 Å². The third-order valence-electron chi connectivity index (χ3n) is 3.42. The molecule has 0 saturated carbocycles. The van der Waals surface area contributed by atoms with Gasteiger partial charge in [0, 0.05) is 5.69 Å². The van der Waals surface area contributed by atoms with Crippen LogP contribution in [0, 0.1) is 13.8 Å². The average molecular weight is 349 g/mol. The van der Waals surface area contributed by atoms with Crippen LogP contribution in [-0.2, 0) is 14.8 Å². The van der Waals surface area contributed by atoms with Gasteiger partial charge in [-0.1, -0.05) is 6.07 Å².